The average Bonchev–Trinajstić information content (AvgIpc) is 2.97. The van der Waals surface area contributed by atoms with Crippen LogP contribution in [0.3, 0.4) is 0 Å². The molecule has 2 unspecified atom stereocenters. The van der Waals surface area contributed by atoms with Crippen LogP contribution in [0, 0.1) is 0 Å². The van der Waals surface area contributed by atoms with Gasteiger partial charge in [0.15, 0.2) is 0 Å². The van der Waals surface area contributed by atoms with Crippen LogP contribution in [-0.2, 0) is 19.4 Å². The maximum Gasteiger partial charge on any atom is 0.134 e. The maximum absolute atomic E-state index is 9.81. The lowest BCUT2D eigenvalue weighted by atomic mass is 10.1. The van der Waals surface area contributed by atoms with Gasteiger partial charge in [-0.1, -0.05) is 0 Å². The largest absolute Gasteiger partial charge is 0.391 e. The Kier molecular flexibility index (Phi) is 3.58. The summed E-state index contributed by atoms with van der Waals surface area (Å²) >= 11 is 0. The predicted octanol–water partition coefficient (Wildman–Crippen LogP) is 1.00. The topological polar surface area (TPSA) is 54.2 Å². The van der Waals surface area contributed by atoms with E-state index in [4.69, 9.17) is 0 Å². The standard InChI is InChI=1S/C14H24N4O/c1-10(2)17-7-3-4-11(17)8-14-16-15-13-6-5-12(19)9-18(13)14/h10-12,19H,3-9H2,1-2H3. The Bertz CT molecular complexity index is 443. The molecule has 1 aromatic rings. The fourth-order valence-corrected chi connectivity index (χ4v) is 3.48. The van der Waals surface area contributed by atoms with E-state index < -0.39 is 0 Å². The van der Waals surface area contributed by atoms with Gasteiger partial charge < -0.3 is 9.67 Å². The number of aliphatic hydroxyl groups excluding tert-OH is 1. The lowest BCUT2D eigenvalue weighted by molar-refractivity contribution is 0.127. The molecule has 106 valence electrons. The second-order valence-electron chi connectivity index (χ2n) is 6.17. The van der Waals surface area contributed by atoms with Crippen molar-refractivity contribution in [3.8, 4) is 0 Å². The van der Waals surface area contributed by atoms with Crippen LogP contribution < -0.4 is 0 Å². The van der Waals surface area contributed by atoms with Gasteiger partial charge in [-0.15, -0.1) is 10.2 Å². The molecule has 0 aliphatic carbocycles. The Morgan fingerprint density at radius 2 is 2.16 bits per heavy atom. The lowest BCUT2D eigenvalue weighted by Crippen LogP contribution is -2.37. The molecule has 1 aromatic heterocycles. The molecule has 1 saturated heterocycles. The zero-order chi connectivity index (χ0) is 13.4. The summed E-state index contributed by atoms with van der Waals surface area (Å²) in [6.45, 7) is 6.40. The molecule has 0 amide bonds. The van der Waals surface area contributed by atoms with Gasteiger partial charge in [-0.05, 0) is 39.7 Å². The molecule has 2 atom stereocenters. The van der Waals surface area contributed by atoms with Crippen molar-refractivity contribution in [2.45, 2.75) is 70.7 Å². The SMILES string of the molecule is CC(C)N1CCCC1Cc1nnc2n1CC(O)CC2. The summed E-state index contributed by atoms with van der Waals surface area (Å²) in [4.78, 5) is 2.57. The molecule has 19 heavy (non-hydrogen) atoms. The number of hydrogen-bond acceptors (Lipinski definition) is 4. The van der Waals surface area contributed by atoms with Gasteiger partial charge in [0.25, 0.3) is 0 Å². The summed E-state index contributed by atoms with van der Waals surface area (Å²) < 4.78 is 2.14. The van der Waals surface area contributed by atoms with Gasteiger partial charge in [-0.2, -0.15) is 0 Å². The summed E-state index contributed by atoms with van der Waals surface area (Å²) in [6.07, 6.45) is 4.95. The zero-order valence-electron chi connectivity index (χ0n) is 11.9. The van der Waals surface area contributed by atoms with E-state index in [9.17, 15) is 5.11 Å². The number of aliphatic hydroxyl groups is 1. The molecule has 3 heterocycles. The van der Waals surface area contributed by atoms with Crippen LogP contribution in [0.2, 0.25) is 0 Å². The Hall–Kier alpha value is -0.940. The first-order chi connectivity index (χ1) is 9.15. The third-order valence-corrected chi connectivity index (χ3v) is 4.50. The molecular formula is C14H24N4O. The lowest BCUT2D eigenvalue weighted by Gasteiger charge is -2.28. The van der Waals surface area contributed by atoms with Crippen molar-refractivity contribution in [1.29, 1.82) is 0 Å². The van der Waals surface area contributed by atoms with Gasteiger partial charge in [0.2, 0.25) is 0 Å². The minimum absolute atomic E-state index is 0.230. The second kappa shape index (κ2) is 5.21. The van der Waals surface area contributed by atoms with Crippen molar-refractivity contribution in [1.82, 2.24) is 19.7 Å². The molecule has 0 bridgehead atoms. The first-order valence-electron chi connectivity index (χ1n) is 7.50. The fourth-order valence-electron chi connectivity index (χ4n) is 3.48. The second-order valence-corrected chi connectivity index (χ2v) is 6.17. The highest BCUT2D eigenvalue weighted by Gasteiger charge is 2.29. The Morgan fingerprint density at radius 3 is 2.95 bits per heavy atom. The number of likely N-dealkylation sites (tertiary alicyclic amines) is 1. The van der Waals surface area contributed by atoms with Crippen molar-refractivity contribution in [3.63, 3.8) is 0 Å². The molecule has 0 aromatic carbocycles. The minimum atomic E-state index is -0.230. The zero-order valence-corrected chi connectivity index (χ0v) is 11.9. The highest BCUT2D eigenvalue weighted by molar-refractivity contribution is 5.03. The van der Waals surface area contributed by atoms with E-state index in [-0.39, 0.29) is 6.10 Å². The summed E-state index contributed by atoms with van der Waals surface area (Å²) in [5, 5.41) is 18.5. The molecule has 1 N–H and O–H groups in total. The predicted molar refractivity (Wildman–Crippen MR) is 72.9 cm³/mol. The van der Waals surface area contributed by atoms with Crippen molar-refractivity contribution >= 4 is 0 Å². The normalized spacial score (nSPS) is 28.0. The number of hydrogen-bond donors (Lipinski definition) is 1. The highest BCUT2D eigenvalue weighted by atomic mass is 16.3. The maximum atomic E-state index is 9.81. The number of nitrogens with zero attached hydrogens (tertiary/aromatic N) is 4. The minimum Gasteiger partial charge on any atom is -0.391 e. The van der Waals surface area contributed by atoms with E-state index in [1.807, 2.05) is 0 Å². The van der Waals surface area contributed by atoms with Crippen molar-refractivity contribution in [3.05, 3.63) is 11.6 Å². The monoisotopic (exact) mass is 264 g/mol. The fraction of sp³-hybridized carbons (Fsp3) is 0.857. The Labute approximate surface area is 114 Å². The van der Waals surface area contributed by atoms with Gasteiger partial charge in [0.05, 0.1) is 12.6 Å². The van der Waals surface area contributed by atoms with Crippen molar-refractivity contribution in [2.24, 2.45) is 0 Å². The van der Waals surface area contributed by atoms with E-state index in [0.717, 1.165) is 30.9 Å². The molecule has 1 fully saturated rings. The molecule has 0 saturated carbocycles. The van der Waals surface area contributed by atoms with Crippen LogP contribution >= 0.6 is 0 Å². The Balaban J connectivity index is 1.75. The van der Waals surface area contributed by atoms with E-state index in [1.165, 1.54) is 19.4 Å². The summed E-state index contributed by atoms with van der Waals surface area (Å²) in [6, 6.07) is 1.19. The first kappa shape index (κ1) is 13.1. The molecule has 2 aliphatic heterocycles. The number of fused-ring (bicyclic) bond motifs is 1. The van der Waals surface area contributed by atoms with Crippen LogP contribution in [0.5, 0.6) is 0 Å². The van der Waals surface area contributed by atoms with Gasteiger partial charge in [-0.25, -0.2) is 0 Å². The molecule has 5 heteroatoms. The third-order valence-electron chi connectivity index (χ3n) is 4.50. The third kappa shape index (κ3) is 2.54. The number of rotatable bonds is 3. The quantitative estimate of drug-likeness (QED) is 0.885. The number of aryl methyl sites for hydroxylation is 1. The average molecular weight is 264 g/mol. The molecule has 3 rings (SSSR count). The van der Waals surface area contributed by atoms with E-state index in [2.05, 4.69) is 33.5 Å². The summed E-state index contributed by atoms with van der Waals surface area (Å²) in [5.74, 6) is 2.11. The molecule has 0 radical (unpaired) electrons. The van der Waals surface area contributed by atoms with Crippen molar-refractivity contribution in [2.75, 3.05) is 6.54 Å². The molecule has 5 nitrogen and oxygen atoms in total. The highest BCUT2D eigenvalue weighted by Crippen LogP contribution is 2.24. The Morgan fingerprint density at radius 1 is 1.32 bits per heavy atom. The van der Waals surface area contributed by atoms with Gasteiger partial charge in [-0.3, -0.25) is 4.90 Å². The van der Waals surface area contributed by atoms with Gasteiger partial charge in [0, 0.05) is 24.9 Å². The van der Waals surface area contributed by atoms with E-state index in [0.29, 0.717) is 18.6 Å². The van der Waals surface area contributed by atoms with Crippen molar-refractivity contribution < 1.29 is 5.11 Å². The van der Waals surface area contributed by atoms with E-state index in [1.54, 1.807) is 0 Å². The number of aromatic nitrogens is 3. The van der Waals surface area contributed by atoms with Gasteiger partial charge in [0.1, 0.15) is 11.6 Å². The van der Waals surface area contributed by atoms with Crippen LogP contribution in [-0.4, -0.2) is 49.5 Å². The smallest absolute Gasteiger partial charge is 0.134 e. The van der Waals surface area contributed by atoms with Crippen LogP contribution in [0.25, 0.3) is 0 Å². The van der Waals surface area contributed by atoms with Crippen LogP contribution in [0.4, 0.5) is 0 Å². The van der Waals surface area contributed by atoms with Gasteiger partial charge >= 0.3 is 0 Å². The summed E-state index contributed by atoms with van der Waals surface area (Å²) in [7, 11) is 0. The van der Waals surface area contributed by atoms with Crippen LogP contribution in [0.1, 0.15) is 44.8 Å². The van der Waals surface area contributed by atoms with Crippen LogP contribution in [0.15, 0.2) is 0 Å². The summed E-state index contributed by atoms with van der Waals surface area (Å²) in [5.41, 5.74) is 0. The molecular weight excluding hydrogens is 240 g/mol. The van der Waals surface area contributed by atoms with E-state index >= 15 is 0 Å². The molecule has 2 aliphatic rings. The first-order valence-corrected chi connectivity index (χ1v) is 7.50. The molecule has 0 spiro atoms.